The summed E-state index contributed by atoms with van der Waals surface area (Å²) in [6, 6.07) is 8.99. The number of rotatable bonds is 4. The fourth-order valence-electron chi connectivity index (χ4n) is 1.32. The first kappa shape index (κ1) is 12.3. The molecule has 0 unspecified atom stereocenters. The van der Waals surface area contributed by atoms with Crippen molar-refractivity contribution in [1.29, 1.82) is 0 Å². The summed E-state index contributed by atoms with van der Waals surface area (Å²) >= 11 is 1.31. The van der Waals surface area contributed by atoms with Crippen LogP contribution in [0.5, 0.6) is 0 Å². The molecule has 1 aromatic heterocycles. The summed E-state index contributed by atoms with van der Waals surface area (Å²) in [6.45, 7) is 0. The number of carbonyl (C=O) groups excluding carboxylic acids is 2. The van der Waals surface area contributed by atoms with Crippen LogP contribution >= 0.6 is 11.3 Å². The largest absolute Gasteiger partial charge is 0.326 e. The van der Waals surface area contributed by atoms with E-state index in [4.69, 9.17) is 0 Å². The number of nitrogens with one attached hydrogen (secondary N) is 2. The zero-order chi connectivity index (χ0) is 12.8. The zero-order valence-corrected chi connectivity index (χ0v) is 10.2. The van der Waals surface area contributed by atoms with Gasteiger partial charge in [0.25, 0.3) is 0 Å². The Balaban J connectivity index is 1.82. The summed E-state index contributed by atoms with van der Waals surface area (Å²) < 4.78 is 0. The van der Waals surface area contributed by atoms with Gasteiger partial charge in [-0.05, 0) is 12.1 Å². The van der Waals surface area contributed by atoms with Crippen molar-refractivity contribution in [2.24, 2.45) is 0 Å². The lowest BCUT2D eigenvalue weighted by atomic mass is 10.3. The van der Waals surface area contributed by atoms with Crippen LogP contribution in [0.1, 0.15) is 6.42 Å². The molecule has 0 radical (unpaired) electrons. The molecule has 1 aromatic carbocycles. The first-order valence-electron chi connectivity index (χ1n) is 5.28. The Kier molecular flexibility index (Phi) is 4.03. The van der Waals surface area contributed by atoms with Gasteiger partial charge in [-0.15, -0.1) is 11.3 Å². The van der Waals surface area contributed by atoms with Gasteiger partial charge in [0.1, 0.15) is 6.42 Å². The average Bonchev–Trinajstić information content (AvgIpc) is 2.82. The van der Waals surface area contributed by atoms with Crippen LogP contribution in [0.15, 0.2) is 41.9 Å². The highest BCUT2D eigenvalue weighted by Gasteiger charge is 2.10. The molecular formula is C12H11N3O2S. The predicted molar refractivity (Wildman–Crippen MR) is 70.4 cm³/mol. The maximum Gasteiger partial charge on any atom is 0.235 e. The molecule has 0 aliphatic heterocycles. The number of aromatic nitrogens is 1. The lowest BCUT2D eigenvalue weighted by molar-refractivity contribution is -0.123. The van der Waals surface area contributed by atoms with E-state index in [1.54, 1.807) is 23.7 Å². The highest BCUT2D eigenvalue weighted by molar-refractivity contribution is 7.13. The molecule has 2 N–H and O–H groups in total. The van der Waals surface area contributed by atoms with E-state index in [2.05, 4.69) is 15.6 Å². The monoisotopic (exact) mass is 261 g/mol. The van der Waals surface area contributed by atoms with Gasteiger partial charge in [-0.1, -0.05) is 18.2 Å². The molecule has 2 rings (SSSR count). The van der Waals surface area contributed by atoms with Gasteiger partial charge in [-0.3, -0.25) is 9.59 Å². The number of hydrogen-bond donors (Lipinski definition) is 2. The lowest BCUT2D eigenvalue weighted by Gasteiger charge is -2.04. The molecule has 5 nitrogen and oxygen atoms in total. The van der Waals surface area contributed by atoms with Crippen LogP contribution in [0.4, 0.5) is 10.8 Å². The number of amides is 2. The molecule has 0 spiro atoms. The summed E-state index contributed by atoms with van der Waals surface area (Å²) in [5.74, 6) is -0.728. The molecule has 6 heteroatoms. The minimum Gasteiger partial charge on any atom is -0.326 e. The van der Waals surface area contributed by atoms with Crippen LogP contribution in [-0.4, -0.2) is 16.8 Å². The number of benzene rings is 1. The van der Waals surface area contributed by atoms with Crippen LogP contribution in [-0.2, 0) is 9.59 Å². The van der Waals surface area contributed by atoms with Crippen molar-refractivity contribution in [3.05, 3.63) is 41.9 Å². The molecule has 18 heavy (non-hydrogen) atoms. The Labute approximate surface area is 108 Å². The second kappa shape index (κ2) is 5.92. The Morgan fingerprint density at radius 1 is 1.11 bits per heavy atom. The second-order valence-corrected chi connectivity index (χ2v) is 4.37. The Bertz CT molecular complexity index is 526. The minimum atomic E-state index is -0.376. The van der Waals surface area contributed by atoms with Gasteiger partial charge in [0.05, 0.1) is 0 Å². The van der Waals surface area contributed by atoms with Crippen molar-refractivity contribution in [2.45, 2.75) is 6.42 Å². The minimum absolute atomic E-state index is 0.228. The van der Waals surface area contributed by atoms with Crippen molar-refractivity contribution in [3.8, 4) is 0 Å². The lowest BCUT2D eigenvalue weighted by Crippen LogP contribution is -2.21. The smallest absolute Gasteiger partial charge is 0.235 e. The third-order valence-corrected chi connectivity index (χ3v) is 2.75. The van der Waals surface area contributed by atoms with Gasteiger partial charge in [-0.25, -0.2) is 4.98 Å². The Morgan fingerprint density at radius 2 is 1.83 bits per heavy atom. The molecule has 1 heterocycles. The van der Waals surface area contributed by atoms with E-state index < -0.39 is 0 Å². The predicted octanol–water partition coefficient (Wildman–Crippen LogP) is 2.11. The maximum absolute atomic E-state index is 11.6. The van der Waals surface area contributed by atoms with Gasteiger partial charge in [0.2, 0.25) is 11.8 Å². The van der Waals surface area contributed by atoms with Gasteiger partial charge < -0.3 is 10.6 Å². The van der Waals surface area contributed by atoms with E-state index in [0.29, 0.717) is 10.8 Å². The summed E-state index contributed by atoms with van der Waals surface area (Å²) in [5, 5.41) is 7.42. The third-order valence-electron chi connectivity index (χ3n) is 2.06. The van der Waals surface area contributed by atoms with Crippen molar-refractivity contribution in [1.82, 2.24) is 4.98 Å². The molecule has 0 aliphatic rings. The van der Waals surface area contributed by atoms with Crippen LogP contribution in [0.2, 0.25) is 0 Å². The van der Waals surface area contributed by atoms with Crippen molar-refractivity contribution < 1.29 is 9.59 Å². The number of hydrogen-bond acceptors (Lipinski definition) is 4. The molecule has 2 aromatic rings. The van der Waals surface area contributed by atoms with E-state index in [0.717, 1.165) is 0 Å². The topological polar surface area (TPSA) is 71.1 Å². The van der Waals surface area contributed by atoms with E-state index in [-0.39, 0.29) is 18.2 Å². The first-order chi connectivity index (χ1) is 8.74. The molecule has 0 bridgehead atoms. The van der Waals surface area contributed by atoms with Crippen molar-refractivity contribution in [2.75, 3.05) is 10.6 Å². The maximum atomic E-state index is 11.6. The van der Waals surface area contributed by atoms with Crippen LogP contribution in [0.25, 0.3) is 0 Å². The number of thiazole rings is 1. The van der Waals surface area contributed by atoms with Gasteiger partial charge in [0.15, 0.2) is 5.13 Å². The zero-order valence-electron chi connectivity index (χ0n) is 9.42. The fourth-order valence-corrected chi connectivity index (χ4v) is 1.87. The Morgan fingerprint density at radius 3 is 2.50 bits per heavy atom. The molecule has 0 saturated carbocycles. The van der Waals surface area contributed by atoms with Crippen molar-refractivity contribution in [3.63, 3.8) is 0 Å². The number of para-hydroxylation sites is 1. The first-order valence-corrected chi connectivity index (χ1v) is 6.16. The molecule has 92 valence electrons. The SMILES string of the molecule is O=C(CC(=O)Nc1nccs1)Nc1ccccc1. The van der Waals surface area contributed by atoms with Gasteiger partial charge >= 0.3 is 0 Å². The highest BCUT2D eigenvalue weighted by Crippen LogP contribution is 2.11. The highest BCUT2D eigenvalue weighted by atomic mass is 32.1. The number of carbonyl (C=O) groups is 2. The van der Waals surface area contributed by atoms with Crippen LogP contribution in [0, 0.1) is 0 Å². The molecule has 0 saturated heterocycles. The van der Waals surface area contributed by atoms with E-state index >= 15 is 0 Å². The number of nitrogens with zero attached hydrogens (tertiary/aromatic N) is 1. The third kappa shape index (κ3) is 3.67. The van der Waals surface area contributed by atoms with Gasteiger partial charge in [0, 0.05) is 17.3 Å². The average molecular weight is 261 g/mol. The Hall–Kier alpha value is -2.21. The number of anilines is 2. The standard InChI is InChI=1S/C12H11N3O2S/c16-10(14-9-4-2-1-3-5-9)8-11(17)15-12-13-6-7-18-12/h1-7H,8H2,(H,14,16)(H,13,15,17). The molecule has 2 amide bonds. The fraction of sp³-hybridized carbons (Fsp3) is 0.0833. The van der Waals surface area contributed by atoms with Crippen molar-refractivity contribution >= 4 is 34.0 Å². The summed E-state index contributed by atoms with van der Waals surface area (Å²) in [5.41, 5.74) is 0.671. The van der Waals surface area contributed by atoms with E-state index in [1.165, 1.54) is 11.3 Å². The summed E-state index contributed by atoms with van der Waals surface area (Å²) in [7, 11) is 0. The summed E-state index contributed by atoms with van der Waals surface area (Å²) in [6.07, 6.45) is 1.36. The molecule has 0 aliphatic carbocycles. The van der Waals surface area contributed by atoms with Crippen LogP contribution < -0.4 is 10.6 Å². The van der Waals surface area contributed by atoms with Gasteiger partial charge in [-0.2, -0.15) is 0 Å². The molecular weight excluding hydrogens is 250 g/mol. The van der Waals surface area contributed by atoms with E-state index in [9.17, 15) is 9.59 Å². The van der Waals surface area contributed by atoms with Crippen LogP contribution in [0.3, 0.4) is 0 Å². The summed E-state index contributed by atoms with van der Waals surface area (Å²) in [4.78, 5) is 27.0. The molecule has 0 fully saturated rings. The normalized spacial score (nSPS) is 9.78. The van der Waals surface area contributed by atoms with E-state index in [1.807, 2.05) is 18.2 Å². The quantitative estimate of drug-likeness (QED) is 0.828. The second-order valence-electron chi connectivity index (χ2n) is 3.48. The molecule has 0 atom stereocenters.